The molecule has 2 rings (SSSR count). The van der Waals surface area contributed by atoms with Gasteiger partial charge in [0.1, 0.15) is 12.1 Å². The average Bonchev–Trinajstić information content (AvgIpc) is 2.56. The van der Waals surface area contributed by atoms with E-state index in [0.29, 0.717) is 43.3 Å². The molecule has 1 saturated heterocycles. The zero-order chi connectivity index (χ0) is 18.4. The zero-order valence-corrected chi connectivity index (χ0v) is 14.6. The molecule has 1 fully saturated rings. The first-order valence-electron chi connectivity index (χ1n) is 7.74. The highest BCUT2D eigenvalue weighted by Gasteiger charge is 2.19. The van der Waals surface area contributed by atoms with Crippen LogP contribution in [0.15, 0.2) is 28.8 Å². The number of nitrogens with two attached hydrogens (primary N) is 1. The van der Waals surface area contributed by atoms with Gasteiger partial charge in [0, 0.05) is 24.2 Å². The largest absolute Gasteiger partial charge is 0.387 e. The topological polar surface area (TPSA) is 87.8 Å². The summed E-state index contributed by atoms with van der Waals surface area (Å²) in [6, 6.07) is 4.04. The number of urea groups is 1. The van der Waals surface area contributed by atoms with Crippen molar-refractivity contribution in [1.82, 2.24) is 10.2 Å². The van der Waals surface area contributed by atoms with Gasteiger partial charge in [0.05, 0.1) is 5.84 Å². The van der Waals surface area contributed by atoms with Gasteiger partial charge in [-0.25, -0.2) is 14.2 Å². The van der Waals surface area contributed by atoms with Crippen molar-refractivity contribution in [2.45, 2.75) is 19.8 Å². The predicted octanol–water partition coefficient (Wildman–Crippen LogP) is 2.49. The first kappa shape index (κ1) is 18.7. The molecule has 1 aromatic rings. The Hall–Kier alpha value is -2.61. The molecule has 0 unspecified atom stereocenters. The van der Waals surface area contributed by atoms with Crippen LogP contribution in [-0.4, -0.2) is 41.3 Å². The number of piperidine rings is 1. The first-order valence-corrected chi connectivity index (χ1v) is 8.14. The van der Waals surface area contributed by atoms with Crippen LogP contribution in [0.25, 0.3) is 6.08 Å². The number of aliphatic imine (C=N–C) groups is 1. The van der Waals surface area contributed by atoms with Gasteiger partial charge in [-0.05, 0) is 38.0 Å². The third-order valence-electron chi connectivity index (χ3n) is 3.70. The number of hydrogen-bond acceptors (Lipinski definition) is 3. The van der Waals surface area contributed by atoms with E-state index in [9.17, 15) is 14.0 Å². The second-order valence-electron chi connectivity index (χ2n) is 5.68. The Balaban J connectivity index is 1.95. The lowest BCUT2D eigenvalue weighted by Gasteiger charge is -2.28. The predicted molar refractivity (Wildman–Crippen MR) is 99.0 cm³/mol. The number of carbonyl (C=O) groups is 2. The van der Waals surface area contributed by atoms with Crippen molar-refractivity contribution >= 4 is 41.6 Å². The number of halogens is 1. The van der Waals surface area contributed by atoms with Gasteiger partial charge >= 0.3 is 6.03 Å². The fourth-order valence-corrected chi connectivity index (χ4v) is 2.68. The van der Waals surface area contributed by atoms with Crippen LogP contribution in [-0.2, 0) is 0 Å². The maximum absolute atomic E-state index is 13.9. The fraction of sp³-hybridized carbons (Fsp3) is 0.294. The Kier molecular flexibility index (Phi) is 6.35. The van der Waals surface area contributed by atoms with Crippen LogP contribution in [0.3, 0.4) is 0 Å². The number of benzene rings is 1. The molecule has 3 N–H and O–H groups in total. The van der Waals surface area contributed by atoms with E-state index in [1.807, 2.05) is 0 Å². The SMILES string of the molecule is C/C(N)=N/C(=S)NC(=O)N1CCC(=Cc2ccc(C=O)cc2F)CC1. The number of amides is 2. The summed E-state index contributed by atoms with van der Waals surface area (Å²) in [5.41, 5.74) is 7.19. The van der Waals surface area contributed by atoms with Crippen LogP contribution in [0.1, 0.15) is 35.7 Å². The average molecular weight is 362 g/mol. The van der Waals surface area contributed by atoms with Gasteiger partial charge in [0.2, 0.25) is 5.11 Å². The van der Waals surface area contributed by atoms with Gasteiger partial charge in [-0.3, -0.25) is 10.1 Å². The van der Waals surface area contributed by atoms with Crippen LogP contribution in [0, 0.1) is 5.82 Å². The molecule has 1 aliphatic heterocycles. The van der Waals surface area contributed by atoms with E-state index in [-0.39, 0.29) is 17.0 Å². The summed E-state index contributed by atoms with van der Waals surface area (Å²) in [7, 11) is 0. The molecule has 0 radical (unpaired) electrons. The highest BCUT2D eigenvalue weighted by Crippen LogP contribution is 2.21. The lowest BCUT2D eigenvalue weighted by atomic mass is 10.0. The quantitative estimate of drug-likeness (QED) is 0.366. The minimum absolute atomic E-state index is 0.0312. The molecule has 2 amide bonds. The summed E-state index contributed by atoms with van der Waals surface area (Å²) in [5.74, 6) is -0.158. The molecule has 8 heteroatoms. The molecule has 132 valence electrons. The summed E-state index contributed by atoms with van der Waals surface area (Å²) in [6.07, 6.45) is 3.64. The number of amidine groups is 1. The van der Waals surface area contributed by atoms with Crippen molar-refractivity contribution in [2.75, 3.05) is 13.1 Å². The molecule has 0 aromatic heterocycles. The molecular weight excluding hydrogens is 343 g/mol. The smallest absolute Gasteiger partial charge is 0.323 e. The van der Waals surface area contributed by atoms with Crippen molar-refractivity contribution < 1.29 is 14.0 Å². The molecule has 1 heterocycles. The van der Waals surface area contributed by atoms with Crippen molar-refractivity contribution in [3.63, 3.8) is 0 Å². The fourth-order valence-electron chi connectivity index (χ4n) is 2.45. The molecule has 0 bridgehead atoms. The molecule has 1 aromatic carbocycles. The van der Waals surface area contributed by atoms with Gasteiger partial charge < -0.3 is 10.6 Å². The number of nitrogens with zero attached hydrogens (tertiary/aromatic N) is 2. The second kappa shape index (κ2) is 8.48. The van der Waals surface area contributed by atoms with E-state index >= 15 is 0 Å². The molecule has 25 heavy (non-hydrogen) atoms. The number of aldehydes is 1. The monoisotopic (exact) mass is 362 g/mol. The molecule has 0 atom stereocenters. The lowest BCUT2D eigenvalue weighted by Crippen LogP contribution is -2.44. The van der Waals surface area contributed by atoms with Gasteiger partial charge in [-0.15, -0.1) is 0 Å². The van der Waals surface area contributed by atoms with Gasteiger partial charge in [0.15, 0.2) is 0 Å². The van der Waals surface area contributed by atoms with Gasteiger partial charge in [-0.2, -0.15) is 0 Å². The Bertz CT molecular complexity index is 747. The summed E-state index contributed by atoms with van der Waals surface area (Å²) in [4.78, 5) is 28.1. The van der Waals surface area contributed by atoms with E-state index in [1.165, 1.54) is 6.07 Å². The van der Waals surface area contributed by atoms with Crippen molar-refractivity contribution in [2.24, 2.45) is 10.7 Å². The molecule has 0 spiro atoms. The highest BCUT2D eigenvalue weighted by molar-refractivity contribution is 7.80. The van der Waals surface area contributed by atoms with E-state index in [4.69, 9.17) is 18.0 Å². The number of rotatable bonds is 2. The summed E-state index contributed by atoms with van der Waals surface area (Å²) in [6.45, 7) is 2.58. The normalized spacial score (nSPS) is 14.9. The maximum atomic E-state index is 13.9. The minimum atomic E-state index is -0.433. The summed E-state index contributed by atoms with van der Waals surface area (Å²) in [5, 5.41) is 2.54. The Morgan fingerprint density at radius 3 is 2.64 bits per heavy atom. The van der Waals surface area contributed by atoms with E-state index < -0.39 is 5.82 Å². The Morgan fingerprint density at radius 1 is 1.40 bits per heavy atom. The molecule has 0 saturated carbocycles. The molecule has 6 nitrogen and oxygen atoms in total. The van der Waals surface area contributed by atoms with Gasteiger partial charge in [0.25, 0.3) is 0 Å². The third kappa shape index (κ3) is 5.46. The third-order valence-corrected chi connectivity index (χ3v) is 3.90. The Morgan fingerprint density at radius 2 is 2.08 bits per heavy atom. The van der Waals surface area contributed by atoms with Crippen molar-refractivity contribution in [1.29, 1.82) is 0 Å². The highest BCUT2D eigenvalue weighted by atomic mass is 32.1. The van der Waals surface area contributed by atoms with Crippen LogP contribution in [0.2, 0.25) is 0 Å². The maximum Gasteiger partial charge on any atom is 0.323 e. The van der Waals surface area contributed by atoms with Crippen LogP contribution >= 0.6 is 12.2 Å². The standard InChI is InChI=1S/C17H19FN4O2S/c1-11(19)20-16(25)21-17(24)22-6-4-12(5-7-22)8-14-3-2-13(10-23)9-15(14)18/h2-3,8-10H,4-7H2,1H3,(H3,19,20,21,24,25). The second-order valence-corrected chi connectivity index (χ2v) is 6.06. The van der Waals surface area contributed by atoms with Crippen LogP contribution in [0.5, 0.6) is 0 Å². The number of nitrogens with one attached hydrogen (secondary N) is 1. The van der Waals surface area contributed by atoms with Crippen molar-refractivity contribution in [3.05, 3.63) is 40.7 Å². The molecule has 0 aliphatic carbocycles. The lowest BCUT2D eigenvalue weighted by molar-refractivity contribution is 0.112. The van der Waals surface area contributed by atoms with Crippen LogP contribution < -0.4 is 11.1 Å². The van der Waals surface area contributed by atoms with Crippen molar-refractivity contribution in [3.8, 4) is 0 Å². The molecule has 1 aliphatic rings. The number of thiocarbonyl (C=S) groups is 1. The first-order chi connectivity index (χ1) is 11.9. The summed E-state index contributed by atoms with van der Waals surface area (Å²) >= 11 is 4.92. The Labute approximate surface area is 150 Å². The van der Waals surface area contributed by atoms with E-state index in [0.717, 1.165) is 5.57 Å². The molecular formula is C17H19FN4O2S. The van der Waals surface area contributed by atoms with E-state index in [2.05, 4.69) is 10.3 Å². The summed E-state index contributed by atoms with van der Waals surface area (Å²) < 4.78 is 13.9. The van der Waals surface area contributed by atoms with E-state index in [1.54, 1.807) is 30.0 Å². The van der Waals surface area contributed by atoms with Gasteiger partial charge in [-0.1, -0.05) is 23.8 Å². The van der Waals surface area contributed by atoms with Crippen LogP contribution in [0.4, 0.5) is 9.18 Å². The zero-order valence-electron chi connectivity index (χ0n) is 13.8. The number of hydrogen-bond donors (Lipinski definition) is 2. The number of likely N-dealkylation sites (tertiary alicyclic amines) is 1. The number of carbonyl (C=O) groups excluding carboxylic acids is 2. The minimum Gasteiger partial charge on any atom is -0.387 e.